The third kappa shape index (κ3) is 1.66. The molecule has 0 atom stereocenters. The van der Waals surface area contributed by atoms with E-state index in [0.29, 0.717) is 5.56 Å². The topological polar surface area (TPSA) is 38.0 Å². The molecule has 19 heavy (non-hydrogen) atoms. The van der Waals surface area contributed by atoms with Crippen molar-refractivity contribution in [1.82, 2.24) is 4.73 Å². The summed E-state index contributed by atoms with van der Waals surface area (Å²) in [4.78, 5) is 5.46. The van der Waals surface area contributed by atoms with Crippen molar-refractivity contribution in [3.05, 3.63) is 60.2 Å². The Morgan fingerprint density at radius 1 is 1.00 bits per heavy atom. The Balaban J connectivity index is 2.44. The zero-order valence-electron chi connectivity index (χ0n) is 10.5. The molecule has 3 aromatic rings. The van der Waals surface area contributed by atoms with Crippen LogP contribution in [0, 0.1) is 11.3 Å². The number of hydrogen-bond acceptors (Lipinski definition) is 2. The summed E-state index contributed by atoms with van der Waals surface area (Å²) in [5.41, 5.74) is 3.31. The Labute approximate surface area is 111 Å². The van der Waals surface area contributed by atoms with Crippen LogP contribution in [0.5, 0.6) is 0 Å². The fourth-order valence-corrected chi connectivity index (χ4v) is 2.37. The number of nitriles is 1. The van der Waals surface area contributed by atoms with E-state index in [9.17, 15) is 5.26 Å². The van der Waals surface area contributed by atoms with Gasteiger partial charge in [-0.3, -0.25) is 0 Å². The molecule has 0 spiro atoms. The summed E-state index contributed by atoms with van der Waals surface area (Å²) in [5.74, 6) is 0. The first-order valence-electron chi connectivity index (χ1n) is 6.00. The molecule has 0 saturated carbocycles. The summed E-state index contributed by atoms with van der Waals surface area (Å²) < 4.78 is 1.71. The second-order valence-corrected chi connectivity index (χ2v) is 4.20. The van der Waals surface area contributed by atoms with Crippen molar-refractivity contribution in [3.8, 4) is 17.3 Å². The van der Waals surface area contributed by atoms with Crippen LogP contribution < -0.4 is 4.84 Å². The Bertz CT molecular complexity index is 767. The van der Waals surface area contributed by atoms with Gasteiger partial charge in [0.25, 0.3) is 0 Å². The van der Waals surface area contributed by atoms with E-state index < -0.39 is 0 Å². The van der Waals surface area contributed by atoms with E-state index >= 15 is 0 Å². The molecule has 0 aliphatic rings. The molecule has 0 unspecified atom stereocenters. The summed E-state index contributed by atoms with van der Waals surface area (Å²) in [6.45, 7) is 0. The zero-order chi connectivity index (χ0) is 13.2. The Hall–Kier alpha value is -2.73. The Morgan fingerprint density at radius 3 is 2.37 bits per heavy atom. The van der Waals surface area contributed by atoms with Crippen LogP contribution in [0.2, 0.25) is 0 Å². The van der Waals surface area contributed by atoms with E-state index in [1.165, 1.54) is 0 Å². The fraction of sp³-hybridized carbons (Fsp3) is 0.0625. The molecular formula is C16H12N2O. The normalized spacial score (nSPS) is 10.3. The van der Waals surface area contributed by atoms with Gasteiger partial charge in [-0.2, -0.15) is 9.99 Å². The quantitative estimate of drug-likeness (QED) is 0.698. The van der Waals surface area contributed by atoms with Crippen LogP contribution in [0.4, 0.5) is 0 Å². The molecule has 0 N–H and O–H groups in total. The van der Waals surface area contributed by atoms with Crippen LogP contribution in [-0.2, 0) is 0 Å². The van der Waals surface area contributed by atoms with Gasteiger partial charge in [-0.1, -0.05) is 48.5 Å². The number of rotatable bonds is 2. The lowest BCUT2D eigenvalue weighted by atomic mass is 10.1. The molecule has 0 amide bonds. The van der Waals surface area contributed by atoms with Crippen LogP contribution in [0.3, 0.4) is 0 Å². The first-order valence-corrected chi connectivity index (χ1v) is 6.00. The molecule has 1 heterocycles. The van der Waals surface area contributed by atoms with E-state index in [1.54, 1.807) is 11.8 Å². The lowest BCUT2D eigenvalue weighted by molar-refractivity contribution is 0.183. The molecule has 3 heteroatoms. The van der Waals surface area contributed by atoms with Crippen LogP contribution >= 0.6 is 0 Å². The maximum Gasteiger partial charge on any atom is 0.106 e. The second kappa shape index (κ2) is 4.51. The Morgan fingerprint density at radius 2 is 1.68 bits per heavy atom. The van der Waals surface area contributed by atoms with Gasteiger partial charge in [0.1, 0.15) is 18.9 Å². The van der Waals surface area contributed by atoms with Crippen molar-refractivity contribution in [2.45, 2.75) is 0 Å². The van der Waals surface area contributed by atoms with Gasteiger partial charge in [0.2, 0.25) is 0 Å². The monoisotopic (exact) mass is 248 g/mol. The van der Waals surface area contributed by atoms with Crippen LogP contribution in [0.25, 0.3) is 22.2 Å². The molecule has 1 aromatic heterocycles. The Kier molecular flexibility index (Phi) is 2.70. The summed E-state index contributed by atoms with van der Waals surface area (Å²) in [5, 5.41) is 10.4. The van der Waals surface area contributed by atoms with Gasteiger partial charge in [-0.05, 0) is 6.07 Å². The van der Waals surface area contributed by atoms with Crippen LogP contribution in [-0.4, -0.2) is 11.8 Å². The molecule has 92 valence electrons. The maximum atomic E-state index is 9.47. The van der Waals surface area contributed by atoms with Crippen molar-refractivity contribution in [2.24, 2.45) is 0 Å². The summed E-state index contributed by atoms with van der Waals surface area (Å²) >= 11 is 0. The van der Waals surface area contributed by atoms with E-state index in [4.69, 9.17) is 4.84 Å². The van der Waals surface area contributed by atoms with Gasteiger partial charge in [-0.15, -0.1) is 0 Å². The lowest BCUT2D eigenvalue weighted by Crippen LogP contribution is -2.07. The zero-order valence-corrected chi connectivity index (χ0v) is 10.5. The molecule has 0 aliphatic heterocycles. The fourth-order valence-electron chi connectivity index (χ4n) is 2.37. The lowest BCUT2D eigenvalue weighted by Gasteiger charge is -2.08. The van der Waals surface area contributed by atoms with Gasteiger partial charge in [-0.25, -0.2) is 0 Å². The van der Waals surface area contributed by atoms with Crippen molar-refractivity contribution < 1.29 is 4.84 Å². The number of para-hydroxylation sites is 1. The SMILES string of the molecule is COn1c(-c2ccccc2)c(C#N)c2ccccc21. The largest absolute Gasteiger partial charge is 0.416 e. The highest BCUT2D eigenvalue weighted by atomic mass is 16.6. The molecule has 3 nitrogen and oxygen atoms in total. The molecule has 0 aliphatic carbocycles. The molecule has 2 aromatic carbocycles. The standard InChI is InChI=1S/C16H12N2O/c1-19-18-15-10-6-5-9-13(15)14(11-17)16(18)12-7-3-2-4-8-12/h2-10H,1H3. The first-order chi connectivity index (χ1) is 9.36. The van der Waals surface area contributed by atoms with Gasteiger partial charge >= 0.3 is 0 Å². The van der Waals surface area contributed by atoms with Gasteiger partial charge in [0, 0.05) is 10.9 Å². The van der Waals surface area contributed by atoms with E-state index in [-0.39, 0.29) is 0 Å². The highest BCUT2D eigenvalue weighted by Gasteiger charge is 2.18. The van der Waals surface area contributed by atoms with Crippen molar-refractivity contribution in [3.63, 3.8) is 0 Å². The van der Waals surface area contributed by atoms with E-state index in [0.717, 1.165) is 22.2 Å². The van der Waals surface area contributed by atoms with Crippen molar-refractivity contribution >= 4 is 10.9 Å². The number of nitrogens with zero attached hydrogens (tertiary/aromatic N) is 2. The number of hydrogen-bond donors (Lipinski definition) is 0. The predicted octanol–water partition coefficient (Wildman–Crippen LogP) is 3.24. The van der Waals surface area contributed by atoms with Crippen molar-refractivity contribution in [1.29, 1.82) is 5.26 Å². The molecule has 3 rings (SSSR count). The first kappa shape index (κ1) is 11.4. The van der Waals surface area contributed by atoms with Gasteiger partial charge < -0.3 is 4.84 Å². The smallest absolute Gasteiger partial charge is 0.106 e. The molecule has 0 saturated heterocycles. The van der Waals surface area contributed by atoms with Crippen molar-refractivity contribution in [2.75, 3.05) is 7.11 Å². The highest BCUT2D eigenvalue weighted by Crippen LogP contribution is 2.32. The minimum absolute atomic E-state index is 0.642. The molecular weight excluding hydrogens is 236 g/mol. The van der Waals surface area contributed by atoms with Gasteiger partial charge in [0.15, 0.2) is 0 Å². The van der Waals surface area contributed by atoms with Crippen LogP contribution in [0.1, 0.15) is 5.56 Å². The third-order valence-electron chi connectivity index (χ3n) is 3.17. The summed E-state index contributed by atoms with van der Waals surface area (Å²) in [7, 11) is 1.61. The average molecular weight is 248 g/mol. The molecule has 0 radical (unpaired) electrons. The average Bonchev–Trinajstić information content (AvgIpc) is 2.81. The minimum atomic E-state index is 0.642. The number of benzene rings is 2. The summed E-state index contributed by atoms with van der Waals surface area (Å²) in [6, 6.07) is 19.9. The van der Waals surface area contributed by atoms with Crippen LogP contribution in [0.15, 0.2) is 54.6 Å². The predicted molar refractivity (Wildman–Crippen MR) is 74.6 cm³/mol. The summed E-state index contributed by atoms with van der Waals surface area (Å²) in [6.07, 6.45) is 0. The third-order valence-corrected chi connectivity index (χ3v) is 3.17. The minimum Gasteiger partial charge on any atom is -0.416 e. The van der Waals surface area contributed by atoms with E-state index in [1.807, 2.05) is 54.6 Å². The van der Waals surface area contributed by atoms with E-state index in [2.05, 4.69) is 6.07 Å². The molecule has 0 bridgehead atoms. The molecule has 0 fully saturated rings. The highest BCUT2D eigenvalue weighted by molar-refractivity contribution is 5.94. The maximum absolute atomic E-state index is 9.47. The number of aromatic nitrogens is 1. The number of fused-ring (bicyclic) bond motifs is 1. The van der Waals surface area contributed by atoms with Gasteiger partial charge in [0.05, 0.1) is 11.1 Å². The second-order valence-electron chi connectivity index (χ2n) is 4.20.